The first-order chi connectivity index (χ1) is 12.6. The standard InChI is InChI=1S/C20H21NO5S/c1-12-8-9-17(19-16(22)10-13(2)18(12)19)26-20(23)14-6-5-7-15(11-14)27(24,25)21(3)4/h5-9,11,13H,10H2,1-4H3/t13-/m0/s1. The molecule has 1 aliphatic carbocycles. The van der Waals surface area contributed by atoms with E-state index in [1.54, 1.807) is 6.07 Å². The van der Waals surface area contributed by atoms with Gasteiger partial charge in [0.2, 0.25) is 10.0 Å². The summed E-state index contributed by atoms with van der Waals surface area (Å²) in [6.07, 6.45) is 0.390. The summed E-state index contributed by atoms with van der Waals surface area (Å²) in [5.74, 6) is -0.451. The fourth-order valence-corrected chi connectivity index (χ4v) is 4.29. The van der Waals surface area contributed by atoms with Gasteiger partial charge in [-0.1, -0.05) is 19.1 Å². The second-order valence-electron chi connectivity index (χ2n) is 6.90. The number of Topliss-reactive ketones (excluding diaryl/α,β-unsaturated/α-hetero) is 1. The van der Waals surface area contributed by atoms with Crippen molar-refractivity contribution < 1.29 is 22.7 Å². The van der Waals surface area contributed by atoms with E-state index in [1.807, 2.05) is 19.9 Å². The molecule has 0 fully saturated rings. The van der Waals surface area contributed by atoms with Crippen molar-refractivity contribution in [1.82, 2.24) is 4.31 Å². The van der Waals surface area contributed by atoms with E-state index in [2.05, 4.69) is 0 Å². The minimum Gasteiger partial charge on any atom is -0.422 e. The van der Waals surface area contributed by atoms with Gasteiger partial charge < -0.3 is 4.74 Å². The van der Waals surface area contributed by atoms with Crippen LogP contribution in [0.4, 0.5) is 0 Å². The van der Waals surface area contributed by atoms with Crippen LogP contribution in [0.15, 0.2) is 41.3 Å². The number of hydrogen-bond donors (Lipinski definition) is 0. The highest BCUT2D eigenvalue weighted by Gasteiger charge is 2.32. The van der Waals surface area contributed by atoms with Crippen LogP contribution in [-0.4, -0.2) is 38.6 Å². The zero-order valence-corrected chi connectivity index (χ0v) is 16.5. The second kappa shape index (κ2) is 6.90. The lowest BCUT2D eigenvalue weighted by Gasteiger charge is -2.14. The van der Waals surface area contributed by atoms with E-state index in [-0.39, 0.29) is 27.9 Å². The van der Waals surface area contributed by atoms with E-state index < -0.39 is 16.0 Å². The number of benzene rings is 2. The molecular formula is C20H21NO5S. The van der Waals surface area contributed by atoms with Gasteiger partial charge in [0.15, 0.2) is 5.78 Å². The molecular weight excluding hydrogens is 366 g/mol. The highest BCUT2D eigenvalue weighted by Crippen LogP contribution is 2.40. The molecule has 2 aromatic rings. The second-order valence-corrected chi connectivity index (χ2v) is 9.05. The van der Waals surface area contributed by atoms with E-state index in [0.29, 0.717) is 12.0 Å². The van der Waals surface area contributed by atoms with Gasteiger partial charge in [0.05, 0.1) is 16.0 Å². The number of esters is 1. The van der Waals surface area contributed by atoms with E-state index in [9.17, 15) is 18.0 Å². The molecule has 142 valence electrons. The largest absolute Gasteiger partial charge is 0.422 e. The normalized spacial score (nSPS) is 16.5. The molecule has 0 unspecified atom stereocenters. The first-order valence-electron chi connectivity index (χ1n) is 8.54. The quantitative estimate of drug-likeness (QED) is 0.595. The molecule has 0 aliphatic heterocycles. The molecule has 0 bridgehead atoms. The van der Waals surface area contributed by atoms with Crippen LogP contribution in [0.2, 0.25) is 0 Å². The van der Waals surface area contributed by atoms with Crippen molar-refractivity contribution >= 4 is 21.8 Å². The van der Waals surface area contributed by atoms with Gasteiger partial charge in [-0.3, -0.25) is 4.79 Å². The number of fused-ring (bicyclic) bond motifs is 1. The van der Waals surface area contributed by atoms with Gasteiger partial charge in [-0.05, 0) is 48.2 Å². The Bertz CT molecular complexity index is 1040. The smallest absolute Gasteiger partial charge is 0.343 e. The topological polar surface area (TPSA) is 80.8 Å². The third kappa shape index (κ3) is 3.40. The van der Waals surface area contributed by atoms with Crippen LogP contribution in [0.3, 0.4) is 0 Å². The van der Waals surface area contributed by atoms with Crippen LogP contribution in [0, 0.1) is 6.92 Å². The molecule has 0 saturated carbocycles. The summed E-state index contributed by atoms with van der Waals surface area (Å²) in [5.41, 5.74) is 2.45. The third-order valence-electron chi connectivity index (χ3n) is 4.74. The molecule has 0 N–H and O–H groups in total. The number of carbonyl (C=O) groups excluding carboxylic acids is 2. The SMILES string of the molecule is Cc1ccc(OC(=O)c2cccc(S(=O)(=O)N(C)C)c2)c2c1[C@@H](C)CC2=O. The molecule has 0 amide bonds. The van der Waals surface area contributed by atoms with Crippen molar-refractivity contribution in [1.29, 1.82) is 0 Å². The molecule has 0 aromatic heterocycles. The molecule has 0 heterocycles. The first kappa shape index (κ1) is 19.3. The van der Waals surface area contributed by atoms with Crippen molar-refractivity contribution in [2.45, 2.75) is 31.1 Å². The Kier molecular flexibility index (Phi) is 4.92. The van der Waals surface area contributed by atoms with E-state index in [1.165, 1.54) is 38.4 Å². The molecule has 0 saturated heterocycles. The molecule has 0 radical (unpaired) electrons. The number of nitrogens with zero attached hydrogens (tertiary/aromatic N) is 1. The number of sulfonamides is 1. The zero-order chi connectivity index (χ0) is 19.9. The number of rotatable bonds is 4. The number of aryl methyl sites for hydroxylation is 1. The number of ketones is 1. The highest BCUT2D eigenvalue weighted by atomic mass is 32.2. The summed E-state index contributed by atoms with van der Waals surface area (Å²) < 4.78 is 31.1. The van der Waals surface area contributed by atoms with Crippen molar-refractivity contribution in [3.63, 3.8) is 0 Å². The summed E-state index contributed by atoms with van der Waals surface area (Å²) in [6.45, 7) is 3.90. The predicted octanol–water partition coefficient (Wildman–Crippen LogP) is 3.15. The fourth-order valence-electron chi connectivity index (χ4n) is 3.35. The van der Waals surface area contributed by atoms with Crippen LogP contribution in [0.5, 0.6) is 5.75 Å². The average Bonchev–Trinajstić information content (AvgIpc) is 2.92. The number of ether oxygens (including phenoxy) is 1. The van der Waals surface area contributed by atoms with E-state index in [4.69, 9.17) is 4.74 Å². The third-order valence-corrected chi connectivity index (χ3v) is 6.55. The highest BCUT2D eigenvalue weighted by molar-refractivity contribution is 7.89. The van der Waals surface area contributed by atoms with Crippen molar-refractivity contribution in [3.8, 4) is 5.75 Å². The molecule has 1 atom stereocenters. The average molecular weight is 387 g/mol. The van der Waals surface area contributed by atoms with E-state index >= 15 is 0 Å². The molecule has 27 heavy (non-hydrogen) atoms. The number of hydrogen-bond acceptors (Lipinski definition) is 5. The maximum Gasteiger partial charge on any atom is 0.343 e. The summed E-state index contributed by atoms with van der Waals surface area (Å²) in [4.78, 5) is 24.9. The summed E-state index contributed by atoms with van der Waals surface area (Å²) in [6, 6.07) is 9.10. The monoisotopic (exact) mass is 387 g/mol. The Morgan fingerprint density at radius 1 is 1.19 bits per heavy atom. The van der Waals surface area contributed by atoms with Crippen molar-refractivity contribution in [2.75, 3.05) is 14.1 Å². The predicted molar refractivity (Wildman–Crippen MR) is 101 cm³/mol. The maximum atomic E-state index is 12.6. The summed E-state index contributed by atoms with van der Waals surface area (Å²) in [5, 5.41) is 0. The molecule has 2 aromatic carbocycles. The first-order valence-corrected chi connectivity index (χ1v) is 9.98. The number of carbonyl (C=O) groups is 2. The lowest BCUT2D eigenvalue weighted by atomic mass is 9.97. The zero-order valence-electron chi connectivity index (χ0n) is 15.6. The molecule has 1 aliphatic rings. The maximum absolute atomic E-state index is 12.6. The van der Waals surface area contributed by atoms with Gasteiger partial charge in [-0.2, -0.15) is 0 Å². The van der Waals surface area contributed by atoms with Crippen LogP contribution < -0.4 is 4.74 Å². The fraction of sp³-hybridized carbons (Fsp3) is 0.300. The molecule has 3 rings (SSSR count). The van der Waals surface area contributed by atoms with Gasteiger partial charge in [-0.25, -0.2) is 17.5 Å². The van der Waals surface area contributed by atoms with Gasteiger partial charge >= 0.3 is 5.97 Å². The van der Waals surface area contributed by atoms with E-state index in [0.717, 1.165) is 15.4 Å². The Labute approximate surface area is 158 Å². The lowest BCUT2D eigenvalue weighted by Crippen LogP contribution is -2.22. The van der Waals surface area contributed by atoms with Gasteiger partial charge in [0.1, 0.15) is 5.75 Å². The Morgan fingerprint density at radius 2 is 1.89 bits per heavy atom. The molecule has 6 nitrogen and oxygen atoms in total. The molecule has 0 spiro atoms. The Hall–Kier alpha value is -2.51. The van der Waals surface area contributed by atoms with Gasteiger partial charge in [0, 0.05) is 20.5 Å². The minimum absolute atomic E-state index is 0.000726. The molecule has 7 heteroatoms. The summed E-state index contributed by atoms with van der Waals surface area (Å²) in [7, 11) is -0.827. The Morgan fingerprint density at radius 3 is 2.56 bits per heavy atom. The van der Waals surface area contributed by atoms with Gasteiger partial charge in [-0.15, -0.1) is 0 Å². The van der Waals surface area contributed by atoms with Gasteiger partial charge in [0.25, 0.3) is 0 Å². The minimum atomic E-state index is -3.67. The van der Waals surface area contributed by atoms with Crippen molar-refractivity contribution in [3.05, 3.63) is 58.7 Å². The lowest BCUT2D eigenvalue weighted by molar-refractivity contribution is 0.0732. The van der Waals surface area contributed by atoms with Crippen LogP contribution in [-0.2, 0) is 10.0 Å². The summed E-state index contributed by atoms with van der Waals surface area (Å²) >= 11 is 0. The Balaban J connectivity index is 1.96. The van der Waals surface area contributed by atoms with Crippen molar-refractivity contribution in [2.24, 2.45) is 0 Å². The van der Waals surface area contributed by atoms with Crippen LogP contribution >= 0.6 is 0 Å². The van der Waals surface area contributed by atoms with Crippen LogP contribution in [0.25, 0.3) is 0 Å². The van der Waals surface area contributed by atoms with Crippen LogP contribution in [0.1, 0.15) is 51.1 Å².